The molecular weight excluding hydrogens is 212 g/mol. The van der Waals surface area contributed by atoms with Crippen molar-refractivity contribution in [1.29, 1.82) is 0 Å². The molecule has 1 aromatic carbocycles. The van der Waals surface area contributed by atoms with Gasteiger partial charge in [-0.2, -0.15) is 8.75 Å². The van der Waals surface area contributed by atoms with Crippen molar-refractivity contribution in [3.8, 4) is 0 Å². The fraction of sp³-hybridized carbons (Fsp3) is 0. The maximum atomic E-state index is 11.6. The van der Waals surface area contributed by atoms with E-state index in [1.807, 2.05) is 0 Å². The molecule has 5 nitrogen and oxygen atoms in total. The van der Waals surface area contributed by atoms with Gasteiger partial charge in [-0.1, -0.05) is 12.1 Å². The predicted octanol–water partition coefficient (Wildman–Crippen LogP) is 1.37. The SMILES string of the molecule is Nc1ccccc1NC(=O)c1cnsn1. The van der Waals surface area contributed by atoms with Crippen LogP contribution in [0.1, 0.15) is 10.5 Å². The normalized spacial score (nSPS) is 9.87. The van der Waals surface area contributed by atoms with Crippen LogP contribution in [-0.2, 0) is 0 Å². The van der Waals surface area contributed by atoms with Crippen LogP contribution in [0.15, 0.2) is 30.5 Å². The van der Waals surface area contributed by atoms with Crippen molar-refractivity contribution in [3.05, 3.63) is 36.2 Å². The van der Waals surface area contributed by atoms with Gasteiger partial charge in [-0.05, 0) is 12.1 Å². The number of carbonyl (C=O) groups excluding carboxylic acids is 1. The molecule has 0 spiro atoms. The summed E-state index contributed by atoms with van der Waals surface area (Å²) < 4.78 is 7.57. The smallest absolute Gasteiger partial charge is 0.277 e. The van der Waals surface area contributed by atoms with Crippen LogP contribution in [-0.4, -0.2) is 14.7 Å². The maximum absolute atomic E-state index is 11.6. The Hall–Kier alpha value is -1.95. The molecule has 0 fully saturated rings. The van der Waals surface area contributed by atoms with Crippen LogP contribution in [0.5, 0.6) is 0 Å². The zero-order valence-corrected chi connectivity index (χ0v) is 8.49. The minimum absolute atomic E-state index is 0.295. The minimum Gasteiger partial charge on any atom is -0.397 e. The highest BCUT2D eigenvalue weighted by molar-refractivity contribution is 6.99. The molecule has 15 heavy (non-hydrogen) atoms. The standard InChI is InChI=1S/C9H8N4OS/c10-6-3-1-2-4-7(6)12-9(14)8-5-11-15-13-8/h1-5H,10H2,(H,12,14). The zero-order valence-electron chi connectivity index (χ0n) is 7.68. The Bertz CT molecular complexity index is 469. The van der Waals surface area contributed by atoms with Crippen LogP contribution >= 0.6 is 11.7 Å². The van der Waals surface area contributed by atoms with E-state index in [2.05, 4.69) is 14.1 Å². The molecule has 76 valence electrons. The van der Waals surface area contributed by atoms with Gasteiger partial charge in [0.2, 0.25) is 0 Å². The van der Waals surface area contributed by atoms with Crippen LogP contribution in [0.4, 0.5) is 11.4 Å². The molecule has 6 heteroatoms. The third kappa shape index (κ3) is 2.10. The van der Waals surface area contributed by atoms with Crippen molar-refractivity contribution in [2.45, 2.75) is 0 Å². The van der Waals surface area contributed by atoms with Crippen molar-refractivity contribution < 1.29 is 4.79 Å². The fourth-order valence-corrected chi connectivity index (χ4v) is 1.47. The third-order valence-corrected chi connectivity index (χ3v) is 2.28. The first-order chi connectivity index (χ1) is 7.27. The average Bonchev–Trinajstić information content (AvgIpc) is 2.74. The monoisotopic (exact) mass is 220 g/mol. The Balaban J connectivity index is 2.17. The summed E-state index contributed by atoms with van der Waals surface area (Å²) in [6.45, 7) is 0. The lowest BCUT2D eigenvalue weighted by Gasteiger charge is -2.05. The first-order valence-electron chi connectivity index (χ1n) is 4.21. The summed E-state index contributed by atoms with van der Waals surface area (Å²) in [4.78, 5) is 11.6. The number of benzene rings is 1. The van der Waals surface area contributed by atoms with Gasteiger partial charge in [0, 0.05) is 0 Å². The van der Waals surface area contributed by atoms with Crippen LogP contribution in [0.25, 0.3) is 0 Å². The Labute approximate surface area is 90.3 Å². The fourth-order valence-electron chi connectivity index (χ4n) is 1.06. The first-order valence-corrected chi connectivity index (χ1v) is 4.94. The molecule has 2 aromatic rings. The summed E-state index contributed by atoms with van der Waals surface area (Å²) in [5.41, 5.74) is 7.07. The number of nitrogen functional groups attached to an aromatic ring is 1. The number of carbonyl (C=O) groups is 1. The molecule has 0 saturated heterocycles. The summed E-state index contributed by atoms with van der Waals surface area (Å²) in [7, 11) is 0. The van der Waals surface area contributed by atoms with Crippen LogP contribution in [0, 0.1) is 0 Å². The van der Waals surface area contributed by atoms with Crippen LogP contribution in [0.3, 0.4) is 0 Å². The molecule has 0 aliphatic heterocycles. The van der Waals surface area contributed by atoms with E-state index in [4.69, 9.17) is 5.73 Å². The second-order valence-electron chi connectivity index (χ2n) is 2.83. The van der Waals surface area contributed by atoms with E-state index in [-0.39, 0.29) is 5.91 Å². The highest BCUT2D eigenvalue weighted by Gasteiger charge is 2.09. The van der Waals surface area contributed by atoms with Crippen molar-refractivity contribution in [1.82, 2.24) is 8.75 Å². The van der Waals surface area contributed by atoms with Crippen molar-refractivity contribution in [3.63, 3.8) is 0 Å². The van der Waals surface area contributed by atoms with Crippen molar-refractivity contribution in [2.24, 2.45) is 0 Å². The van der Waals surface area contributed by atoms with E-state index >= 15 is 0 Å². The highest BCUT2D eigenvalue weighted by Crippen LogP contribution is 2.17. The number of hydrogen-bond acceptors (Lipinski definition) is 5. The van der Waals surface area contributed by atoms with Gasteiger partial charge in [0.25, 0.3) is 5.91 Å². The number of rotatable bonds is 2. The molecule has 0 aliphatic rings. The van der Waals surface area contributed by atoms with E-state index in [1.165, 1.54) is 6.20 Å². The lowest BCUT2D eigenvalue weighted by molar-refractivity contribution is 0.102. The number of nitrogens with two attached hydrogens (primary N) is 1. The Morgan fingerprint density at radius 3 is 2.87 bits per heavy atom. The molecule has 3 N–H and O–H groups in total. The van der Waals surface area contributed by atoms with Gasteiger partial charge >= 0.3 is 0 Å². The maximum Gasteiger partial charge on any atom is 0.277 e. The molecule has 1 heterocycles. The summed E-state index contributed by atoms with van der Waals surface area (Å²) in [5.74, 6) is -0.304. The average molecular weight is 220 g/mol. The third-order valence-electron chi connectivity index (χ3n) is 1.80. The number of nitrogens with zero attached hydrogens (tertiary/aromatic N) is 2. The number of amides is 1. The van der Waals surface area contributed by atoms with E-state index in [1.54, 1.807) is 24.3 Å². The molecule has 0 bridgehead atoms. The quantitative estimate of drug-likeness (QED) is 0.749. The number of nitrogens with one attached hydrogen (secondary N) is 1. The minimum atomic E-state index is -0.304. The van der Waals surface area contributed by atoms with E-state index in [9.17, 15) is 4.79 Å². The largest absolute Gasteiger partial charge is 0.397 e. The molecule has 0 atom stereocenters. The van der Waals surface area contributed by atoms with Gasteiger partial charge in [-0.15, -0.1) is 0 Å². The molecule has 0 radical (unpaired) electrons. The number of anilines is 2. The molecule has 1 aromatic heterocycles. The van der Waals surface area contributed by atoms with E-state index < -0.39 is 0 Å². The number of aromatic nitrogens is 2. The van der Waals surface area contributed by atoms with Crippen molar-refractivity contribution >= 4 is 29.0 Å². The topological polar surface area (TPSA) is 80.9 Å². The van der Waals surface area contributed by atoms with Crippen molar-refractivity contribution in [2.75, 3.05) is 11.1 Å². The summed E-state index contributed by atoms with van der Waals surface area (Å²) in [6, 6.07) is 7.04. The molecule has 1 amide bonds. The van der Waals surface area contributed by atoms with Gasteiger partial charge in [0.05, 0.1) is 29.3 Å². The Morgan fingerprint density at radius 1 is 1.40 bits per heavy atom. The highest BCUT2D eigenvalue weighted by atomic mass is 32.1. The van der Waals surface area contributed by atoms with Gasteiger partial charge < -0.3 is 11.1 Å². The lowest BCUT2D eigenvalue weighted by atomic mass is 10.2. The Kier molecular flexibility index (Phi) is 2.59. The van der Waals surface area contributed by atoms with E-state index in [0.29, 0.717) is 17.1 Å². The van der Waals surface area contributed by atoms with Gasteiger partial charge in [0.1, 0.15) is 0 Å². The summed E-state index contributed by atoms with van der Waals surface area (Å²) in [5, 5.41) is 2.65. The Morgan fingerprint density at radius 2 is 2.20 bits per heavy atom. The second-order valence-corrected chi connectivity index (χ2v) is 3.39. The molecule has 0 saturated carbocycles. The number of para-hydroxylation sites is 2. The summed E-state index contributed by atoms with van der Waals surface area (Å²) >= 11 is 0.991. The molecule has 0 aliphatic carbocycles. The first kappa shape index (κ1) is 9.60. The van der Waals surface area contributed by atoms with Crippen LogP contribution in [0.2, 0.25) is 0 Å². The number of hydrogen-bond donors (Lipinski definition) is 2. The molecular formula is C9H8N4OS. The molecule has 0 unspecified atom stereocenters. The predicted molar refractivity (Wildman–Crippen MR) is 58.7 cm³/mol. The van der Waals surface area contributed by atoms with E-state index in [0.717, 1.165) is 11.7 Å². The van der Waals surface area contributed by atoms with Gasteiger partial charge in [-0.3, -0.25) is 4.79 Å². The second kappa shape index (κ2) is 4.05. The summed E-state index contributed by atoms with van der Waals surface area (Å²) in [6.07, 6.45) is 1.42. The van der Waals surface area contributed by atoms with Gasteiger partial charge in [0.15, 0.2) is 5.69 Å². The zero-order chi connectivity index (χ0) is 10.7. The molecule has 2 rings (SSSR count). The lowest BCUT2D eigenvalue weighted by Crippen LogP contribution is -2.13. The van der Waals surface area contributed by atoms with Crippen LogP contribution < -0.4 is 11.1 Å². The van der Waals surface area contributed by atoms with Gasteiger partial charge in [-0.25, -0.2) is 0 Å².